The van der Waals surface area contributed by atoms with Crippen molar-refractivity contribution in [2.24, 2.45) is 0 Å². The molecule has 9 aromatic carbocycles. The van der Waals surface area contributed by atoms with E-state index >= 15 is 0 Å². The molecule has 2 heteroatoms. The maximum absolute atomic E-state index is 2.38. The molecular formula is C54H38N2. The lowest BCUT2D eigenvalue weighted by Crippen LogP contribution is -2.10. The second-order valence-corrected chi connectivity index (χ2v) is 14.2. The predicted octanol–water partition coefficient (Wildman–Crippen LogP) is 14.9. The van der Waals surface area contributed by atoms with E-state index in [1.165, 1.54) is 66.3 Å². The number of fused-ring (bicyclic) bond motifs is 3. The van der Waals surface area contributed by atoms with Gasteiger partial charge in [0.1, 0.15) is 0 Å². The summed E-state index contributed by atoms with van der Waals surface area (Å²) in [6.45, 7) is 0. The second-order valence-electron chi connectivity index (χ2n) is 14.2. The maximum Gasteiger partial charge on any atom is 0.0547 e. The molecule has 0 fully saturated rings. The molecule has 0 unspecified atom stereocenters. The van der Waals surface area contributed by atoms with Gasteiger partial charge < -0.3 is 9.47 Å². The van der Waals surface area contributed by atoms with Crippen molar-refractivity contribution in [2.75, 3.05) is 4.90 Å². The highest BCUT2D eigenvalue weighted by molar-refractivity contribution is 6.15. The maximum atomic E-state index is 2.38. The van der Waals surface area contributed by atoms with Crippen molar-refractivity contribution in [3.63, 3.8) is 0 Å². The van der Waals surface area contributed by atoms with Crippen molar-refractivity contribution >= 4 is 38.9 Å². The molecule has 0 aliphatic rings. The van der Waals surface area contributed by atoms with Crippen LogP contribution in [-0.4, -0.2) is 4.57 Å². The molecule has 0 spiro atoms. The molecule has 10 aromatic rings. The highest BCUT2D eigenvalue weighted by Crippen LogP contribution is 2.41. The van der Waals surface area contributed by atoms with Crippen LogP contribution in [0, 0.1) is 0 Å². The number of hydrogen-bond donors (Lipinski definition) is 0. The summed E-state index contributed by atoms with van der Waals surface area (Å²) in [5, 5.41) is 2.51. The van der Waals surface area contributed by atoms with Crippen LogP contribution in [0.15, 0.2) is 231 Å². The summed E-state index contributed by atoms with van der Waals surface area (Å²) < 4.78 is 2.38. The standard InChI is InChI=1S/C54H38N2/c1-4-14-39(15-5-1)41-26-28-42(29-27-41)43-30-34-47(35-31-43)55(49-21-12-18-45(38-49)40-16-6-2-7-17-40)48-36-32-44(33-37-48)50-23-13-25-53-54(50)51-22-10-11-24-52(51)56(53)46-19-8-3-9-20-46/h1-38H. The third-order valence-corrected chi connectivity index (χ3v) is 10.8. The van der Waals surface area contributed by atoms with Gasteiger partial charge in [0.15, 0.2) is 0 Å². The van der Waals surface area contributed by atoms with E-state index < -0.39 is 0 Å². The van der Waals surface area contributed by atoms with Gasteiger partial charge in [0.25, 0.3) is 0 Å². The highest BCUT2D eigenvalue weighted by atomic mass is 15.1. The van der Waals surface area contributed by atoms with Crippen molar-refractivity contribution < 1.29 is 0 Å². The number of hydrogen-bond acceptors (Lipinski definition) is 1. The van der Waals surface area contributed by atoms with E-state index in [1.807, 2.05) is 0 Å². The summed E-state index contributed by atoms with van der Waals surface area (Å²) in [5.41, 5.74) is 16.5. The molecule has 0 saturated carbocycles. The van der Waals surface area contributed by atoms with Gasteiger partial charge in [0.05, 0.1) is 11.0 Å². The largest absolute Gasteiger partial charge is 0.310 e. The van der Waals surface area contributed by atoms with Gasteiger partial charge in [-0.15, -0.1) is 0 Å². The summed E-state index contributed by atoms with van der Waals surface area (Å²) in [6, 6.07) is 82.9. The monoisotopic (exact) mass is 714 g/mol. The van der Waals surface area contributed by atoms with Gasteiger partial charge in [-0.25, -0.2) is 0 Å². The minimum atomic E-state index is 1.10. The Hall–Kier alpha value is -7.42. The SMILES string of the molecule is c1ccc(-c2ccc(-c3ccc(N(c4ccc(-c5cccc6c5c5ccccc5n6-c5ccccc5)cc4)c4cccc(-c5ccccc5)c4)cc3)cc2)cc1. The van der Waals surface area contributed by atoms with Crippen molar-refractivity contribution in [1.82, 2.24) is 4.57 Å². The van der Waals surface area contributed by atoms with E-state index in [0.29, 0.717) is 0 Å². The zero-order chi connectivity index (χ0) is 37.3. The van der Waals surface area contributed by atoms with Gasteiger partial charge in [0.2, 0.25) is 0 Å². The minimum absolute atomic E-state index is 1.10. The molecular weight excluding hydrogens is 677 g/mol. The van der Waals surface area contributed by atoms with Crippen LogP contribution in [0.4, 0.5) is 17.1 Å². The third kappa shape index (κ3) is 6.14. The number of aromatic nitrogens is 1. The molecule has 56 heavy (non-hydrogen) atoms. The molecule has 0 radical (unpaired) electrons. The zero-order valence-corrected chi connectivity index (χ0v) is 30.8. The quantitative estimate of drug-likeness (QED) is 0.152. The molecule has 0 bridgehead atoms. The van der Waals surface area contributed by atoms with Crippen LogP contribution < -0.4 is 4.90 Å². The Bertz CT molecular complexity index is 2910. The minimum Gasteiger partial charge on any atom is -0.310 e. The number of nitrogens with zero attached hydrogens (tertiary/aromatic N) is 2. The van der Waals surface area contributed by atoms with Crippen LogP contribution >= 0.6 is 0 Å². The van der Waals surface area contributed by atoms with E-state index in [2.05, 4.69) is 240 Å². The molecule has 0 aliphatic carbocycles. The highest BCUT2D eigenvalue weighted by Gasteiger charge is 2.18. The molecule has 10 rings (SSSR count). The first kappa shape index (κ1) is 33.2. The third-order valence-electron chi connectivity index (χ3n) is 10.8. The number of anilines is 3. The Kier molecular flexibility index (Phi) is 8.55. The lowest BCUT2D eigenvalue weighted by Gasteiger charge is -2.26. The first-order chi connectivity index (χ1) is 27.8. The van der Waals surface area contributed by atoms with Crippen molar-refractivity contribution in [3.8, 4) is 50.2 Å². The first-order valence-corrected chi connectivity index (χ1v) is 19.2. The molecule has 0 aliphatic heterocycles. The fourth-order valence-electron chi connectivity index (χ4n) is 8.10. The Balaban J connectivity index is 1.05. The van der Waals surface area contributed by atoms with Crippen LogP contribution in [-0.2, 0) is 0 Å². The molecule has 0 saturated heterocycles. The Morgan fingerprint density at radius 3 is 1.36 bits per heavy atom. The number of benzene rings is 9. The van der Waals surface area contributed by atoms with E-state index in [9.17, 15) is 0 Å². The van der Waals surface area contributed by atoms with Crippen LogP contribution in [0.3, 0.4) is 0 Å². The molecule has 0 N–H and O–H groups in total. The summed E-state index contributed by atoms with van der Waals surface area (Å²) >= 11 is 0. The average Bonchev–Trinajstić information content (AvgIpc) is 3.63. The number of rotatable bonds is 8. The van der Waals surface area contributed by atoms with Crippen LogP contribution in [0.25, 0.3) is 72.0 Å². The van der Waals surface area contributed by atoms with E-state index in [0.717, 1.165) is 22.7 Å². The predicted molar refractivity (Wildman–Crippen MR) is 237 cm³/mol. The Morgan fingerprint density at radius 1 is 0.286 bits per heavy atom. The summed E-state index contributed by atoms with van der Waals surface area (Å²) in [6.07, 6.45) is 0. The fourth-order valence-corrected chi connectivity index (χ4v) is 8.10. The number of para-hydroxylation sites is 2. The fraction of sp³-hybridized carbons (Fsp3) is 0. The molecule has 0 amide bonds. The van der Waals surface area contributed by atoms with Gasteiger partial charge in [-0.05, 0) is 105 Å². The molecule has 264 valence electrons. The van der Waals surface area contributed by atoms with Gasteiger partial charge in [-0.1, -0.05) is 170 Å². The van der Waals surface area contributed by atoms with Crippen LogP contribution in [0.2, 0.25) is 0 Å². The van der Waals surface area contributed by atoms with E-state index in [4.69, 9.17) is 0 Å². The van der Waals surface area contributed by atoms with Gasteiger partial charge in [-0.2, -0.15) is 0 Å². The molecule has 2 nitrogen and oxygen atoms in total. The van der Waals surface area contributed by atoms with Gasteiger partial charge >= 0.3 is 0 Å². The topological polar surface area (TPSA) is 8.17 Å². The van der Waals surface area contributed by atoms with Crippen molar-refractivity contribution in [1.29, 1.82) is 0 Å². The lowest BCUT2D eigenvalue weighted by atomic mass is 9.98. The summed E-state index contributed by atoms with van der Waals surface area (Å²) in [4.78, 5) is 2.36. The molecule has 1 heterocycles. The van der Waals surface area contributed by atoms with Gasteiger partial charge in [0, 0.05) is 33.5 Å². The van der Waals surface area contributed by atoms with Crippen LogP contribution in [0.5, 0.6) is 0 Å². The van der Waals surface area contributed by atoms with E-state index in [1.54, 1.807) is 0 Å². The summed E-state index contributed by atoms with van der Waals surface area (Å²) in [5.74, 6) is 0. The normalized spacial score (nSPS) is 11.2. The average molecular weight is 715 g/mol. The van der Waals surface area contributed by atoms with Crippen LogP contribution in [0.1, 0.15) is 0 Å². The first-order valence-electron chi connectivity index (χ1n) is 19.2. The Labute approximate surface area is 327 Å². The van der Waals surface area contributed by atoms with Gasteiger partial charge in [-0.3, -0.25) is 0 Å². The Morgan fingerprint density at radius 2 is 0.732 bits per heavy atom. The van der Waals surface area contributed by atoms with E-state index in [-0.39, 0.29) is 0 Å². The second kappa shape index (κ2) is 14.4. The molecule has 1 aromatic heterocycles. The smallest absolute Gasteiger partial charge is 0.0547 e. The molecule has 0 atom stereocenters. The lowest BCUT2D eigenvalue weighted by molar-refractivity contribution is 1.18. The van der Waals surface area contributed by atoms with Crippen molar-refractivity contribution in [3.05, 3.63) is 231 Å². The van der Waals surface area contributed by atoms with Crippen molar-refractivity contribution in [2.45, 2.75) is 0 Å². The summed E-state index contributed by atoms with van der Waals surface area (Å²) in [7, 11) is 0. The zero-order valence-electron chi connectivity index (χ0n) is 30.8.